The van der Waals surface area contributed by atoms with Crippen LogP contribution in [0.15, 0.2) is 24.3 Å². The fraction of sp³-hybridized carbons (Fsp3) is 0.200. The maximum atomic E-state index is 11.3. The van der Waals surface area contributed by atoms with Crippen molar-refractivity contribution in [1.29, 1.82) is 0 Å². The number of ether oxygens (including phenoxy) is 1. The third-order valence-electron chi connectivity index (χ3n) is 2.12. The van der Waals surface area contributed by atoms with E-state index in [1.54, 1.807) is 0 Å². The second kappa shape index (κ2) is 3.68. The van der Waals surface area contributed by atoms with Gasteiger partial charge in [-0.15, -0.1) is 0 Å². The largest absolute Gasteiger partial charge is 0.393 e. The Kier molecular flexibility index (Phi) is 2.54. The number of hydrogen-bond acceptors (Lipinski definition) is 3. The van der Waals surface area contributed by atoms with E-state index in [1.807, 2.05) is 24.3 Å². The molecule has 0 spiro atoms. The molecule has 4 heteroatoms. The molecule has 1 saturated heterocycles. The van der Waals surface area contributed by atoms with Gasteiger partial charge in [0.1, 0.15) is 0 Å². The van der Waals surface area contributed by atoms with Crippen LogP contribution < -0.4 is 0 Å². The van der Waals surface area contributed by atoms with Gasteiger partial charge in [0.05, 0.1) is 12.3 Å². The summed E-state index contributed by atoms with van der Waals surface area (Å²) in [6.45, 7) is 0. The zero-order valence-corrected chi connectivity index (χ0v) is 9.35. The highest BCUT2D eigenvalue weighted by atomic mass is 127. The molecule has 0 aliphatic carbocycles. The van der Waals surface area contributed by atoms with E-state index in [-0.39, 0.29) is 6.42 Å². The zero-order chi connectivity index (χ0) is 10.1. The van der Waals surface area contributed by atoms with Crippen LogP contribution in [0.5, 0.6) is 0 Å². The summed E-state index contributed by atoms with van der Waals surface area (Å²) in [5, 5.41) is 0. The molecule has 1 aromatic carbocycles. The molecule has 1 heterocycles. The molecule has 14 heavy (non-hydrogen) atoms. The van der Waals surface area contributed by atoms with E-state index in [0.29, 0.717) is 0 Å². The Morgan fingerprint density at radius 2 is 2.14 bits per heavy atom. The van der Waals surface area contributed by atoms with Crippen molar-refractivity contribution in [3.05, 3.63) is 33.4 Å². The predicted molar refractivity (Wildman–Crippen MR) is 57.6 cm³/mol. The van der Waals surface area contributed by atoms with E-state index in [2.05, 4.69) is 27.3 Å². The fourth-order valence-corrected chi connectivity index (χ4v) is 2.02. The molecule has 0 aromatic heterocycles. The number of cyclic esters (lactones) is 2. The molecule has 1 unspecified atom stereocenters. The van der Waals surface area contributed by atoms with Crippen LogP contribution in [0.3, 0.4) is 0 Å². The summed E-state index contributed by atoms with van der Waals surface area (Å²) in [7, 11) is 0. The molecular formula is C10H7IO3. The summed E-state index contributed by atoms with van der Waals surface area (Å²) in [6.07, 6.45) is 0.166. The van der Waals surface area contributed by atoms with Gasteiger partial charge in [-0.2, -0.15) is 0 Å². The fourth-order valence-electron chi connectivity index (χ4n) is 1.45. The van der Waals surface area contributed by atoms with E-state index in [9.17, 15) is 9.59 Å². The molecule has 1 fully saturated rings. The molecule has 0 N–H and O–H groups in total. The molecule has 1 atom stereocenters. The van der Waals surface area contributed by atoms with Crippen molar-refractivity contribution < 1.29 is 14.3 Å². The van der Waals surface area contributed by atoms with Crippen LogP contribution >= 0.6 is 22.6 Å². The summed E-state index contributed by atoms with van der Waals surface area (Å²) in [5.41, 5.74) is 0.854. The van der Waals surface area contributed by atoms with Gasteiger partial charge in [-0.3, -0.25) is 9.59 Å². The monoisotopic (exact) mass is 302 g/mol. The van der Waals surface area contributed by atoms with Gasteiger partial charge in [0.25, 0.3) is 0 Å². The quantitative estimate of drug-likeness (QED) is 0.452. The number of halogens is 1. The normalized spacial score (nSPS) is 21.1. The highest BCUT2D eigenvalue weighted by Crippen LogP contribution is 2.28. The van der Waals surface area contributed by atoms with E-state index in [0.717, 1.165) is 9.13 Å². The highest BCUT2D eigenvalue weighted by Gasteiger charge is 2.34. The standard InChI is InChI=1S/C10H7IO3/c11-7-3-1-2-6(4-7)8-5-9(12)14-10(8)13/h1-4,8H,5H2. The number of carbonyl (C=O) groups excluding carboxylic acids is 2. The van der Waals surface area contributed by atoms with Crippen LogP contribution in [-0.4, -0.2) is 11.9 Å². The second-order valence-electron chi connectivity index (χ2n) is 3.10. The highest BCUT2D eigenvalue weighted by molar-refractivity contribution is 14.1. The van der Waals surface area contributed by atoms with Crippen molar-refractivity contribution in [1.82, 2.24) is 0 Å². The maximum absolute atomic E-state index is 11.3. The Bertz CT molecular complexity index is 400. The Balaban J connectivity index is 2.31. The smallest absolute Gasteiger partial charge is 0.321 e. The number of benzene rings is 1. The average Bonchev–Trinajstić information content (AvgIpc) is 2.45. The minimum absolute atomic E-state index is 0.166. The Morgan fingerprint density at radius 3 is 2.71 bits per heavy atom. The van der Waals surface area contributed by atoms with Crippen molar-refractivity contribution in [3.63, 3.8) is 0 Å². The number of rotatable bonds is 1. The third kappa shape index (κ3) is 1.79. The van der Waals surface area contributed by atoms with Gasteiger partial charge in [0.2, 0.25) is 0 Å². The number of hydrogen-bond donors (Lipinski definition) is 0. The molecule has 0 bridgehead atoms. The van der Waals surface area contributed by atoms with E-state index < -0.39 is 17.9 Å². The molecular weight excluding hydrogens is 295 g/mol. The van der Waals surface area contributed by atoms with Crippen molar-refractivity contribution in [2.45, 2.75) is 12.3 Å². The summed E-state index contributed by atoms with van der Waals surface area (Å²) in [4.78, 5) is 22.1. The molecule has 0 radical (unpaired) electrons. The van der Waals surface area contributed by atoms with Crippen LogP contribution in [0.4, 0.5) is 0 Å². The zero-order valence-electron chi connectivity index (χ0n) is 7.20. The first-order valence-corrected chi connectivity index (χ1v) is 5.24. The molecule has 1 aliphatic heterocycles. The number of carbonyl (C=O) groups is 2. The summed E-state index contributed by atoms with van der Waals surface area (Å²) in [6, 6.07) is 7.54. The van der Waals surface area contributed by atoms with Gasteiger partial charge >= 0.3 is 11.9 Å². The molecule has 3 nitrogen and oxygen atoms in total. The lowest BCUT2D eigenvalue weighted by Gasteiger charge is -2.04. The third-order valence-corrected chi connectivity index (χ3v) is 2.79. The van der Waals surface area contributed by atoms with Gasteiger partial charge in [0.15, 0.2) is 0 Å². The van der Waals surface area contributed by atoms with Crippen molar-refractivity contribution in [2.24, 2.45) is 0 Å². The Morgan fingerprint density at radius 1 is 1.36 bits per heavy atom. The first kappa shape index (κ1) is 9.64. The Labute approximate surface area is 94.6 Å². The lowest BCUT2D eigenvalue weighted by atomic mass is 9.98. The van der Waals surface area contributed by atoms with Gasteiger partial charge in [-0.05, 0) is 40.3 Å². The van der Waals surface area contributed by atoms with Gasteiger partial charge in [0, 0.05) is 3.57 Å². The minimum Gasteiger partial charge on any atom is -0.393 e. The van der Waals surface area contributed by atoms with Gasteiger partial charge in [-0.1, -0.05) is 12.1 Å². The lowest BCUT2D eigenvalue weighted by molar-refractivity contribution is -0.152. The number of esters is 2. The van der Waals surface area contributed by atoms with E-state index in [4.69, 9.17) is 0 Å². The first-order chi connectivity index (χ1) is 6.66. The molecule has 72 valence electrons. The topological polar surface area (TPSA) is 43.4 Å². The molecule has 0 amide bonds. The van der Waals surface area contributed by atoms with Crippen LogP contribution in [0.2, 0.25) is 0 Å². The van der Waals surface area contributed by atoms with Crippen molar-refractivity contribution in [3.8, 4) is 0 Å². The summed E-state index contributed by atoms with van der Waals surface area (Å²) in [5.74, 6) is -1.27. The Hall–Kier alpha value is -0.910. The maximum Gasteiger partial charge on any atom is 0.321 e. The van der Waals surface area contributed by atoms with Gasteiger partial charge in [-0.25, -0.2) is 0 Å². The molecule has 0 saturated carbocycles. The molecule has 1 aromatic rings. The lowest BCUT2D eigenvalue weighted by Crippen LogP contribution is -2.05. The van der Waals surface area contributed by atoms with E-state index >= 15 is 0 Å². The predicted octanol–water partition coefficient (Wildman–Crippen LogP) is 1.85. The van der Waals surface area contributed by atoms with Crippen LogP contribution in [0.25, 0.3) is 0 Å². The van der Waals surface area contributed by atoms with E-state index in [1.165, 1.54) is 0 Å². The van der Waals surface area contributed by atoms with Crippen LogP contribution in [0, 0.1) is 3.57 Å². The van der Waals surface area contributed by atoms with Crippen LogP contribution in [0.1, 0.15) is 17.9 Å². The SMILES string of the molecule is O=C1CC(c2cccc(I)c2)C(=O)O1. The van der Waals surface area contributed by atoms with Crippen LogP contribution in [-0.2, 0) is 14.3 Å². The molecule has 2 rings (SSSR count). The molecule has 1 aliphatic rings. The van der Waals surface area contributed by atoms with Crippen molar-refractivity contribution in [2.75, 3.05) is 0 Å². The van der Waals surface area contributed by atoms with Gasteiger partial charge < -0.3 is 4.74 Å². The van der Waals surface area contributed by atoms with Crippen molar-refractivity contribution >= 4 is 34.5 Å². The summed E-state index contributed by atoms with van der Waals surface area (Å²) >= 11 is 2.17. The minimum atomic E-state index is -0.433. The second-order valence-corrected chi connectivity index (χ2v) is 4.35. The average molecular weight is 302 g/mol. The first-order valence-electron chi connectivity index (χ1n) is 4.17. The summed E-state index contributed by atoms with van der Waals surface area (Å²) < 4.78 is 5.54.